The molecule has 0 saturated heterocycles. The summed E-state index contributed by atoms with van der Waals surface area (Å²) < 4.78 is 0. The fourth-order valence-electron chi connectivity index (χ4n) is 1.71. The van der Waals surface area contributed by atoms with Crippen LogP contribution in [0.15, 0.2) is 17.1 Å². The van der Waals surface area contributed by atoms with E-state index in [0.29, 0.717) is 0 Å². The van der Waals surface area contributed by atoms with Gasteiger partial charge in [-0.15, -0.1) is 0 Å². The van der Waals surface area contributed by atoms with Gasteiger partial charge in [-0.2, -0.15) is 0 Å². The average Bonchev–Trinajstić information content (AvgIpc) is 2.66. The van der Waals surface area contributed by atoms with Crippen LogP contribution in [0.25, 0.3) is 0 Å². The maximum atomic E-state index is 9.47. The Labute approximate surface area is 92.5 Å². The molecule has 0 aromatic carbocycles. The van der Waals surface area contributed by atoms with E-state index in [9.17, 15) is 5.11 Å². The van der Waals surface area contributed by atoms with Gasteiger partial charge in [-0.1, -0.05) is 25.8 Å². The zero-order valence-electron chi connectivity index (χ0n) is 9.82. The number of aliphatic imine (C=N–C) groups is 1. The van der Waals surface area contributed by atoms with Gasteiger partial charge in [0.2, 0.25) is 0 Å². The molecule has 1 atom stereocenters. The molecule has 0 radical (unpaired) electrons. The van der Waals surface area contributed by atoms with Gasteiger partial charge in [0.15, 0.2) is 0 Å². The first kappa shape index (κ1) is 12.2. The molecule has 0 bridgehead atoms. The second-order valence-electron chi connectivity index (χ2n) is 3.96. The Kier molecular flexibility index (Phi) is 5.40. The third-order valence-corrected chi connectivity index (χ3v) is 2.60. The summed E-state index contributed by atoms with van der Waals surface area (Å²) in [5.74, 6) is 0.932. The summed E-state index contributed by atoms with van der Waals surface area (Å²) in [5.41, 5.74) is 0. The zero-order valence-corrected chi connectivity index (χ0v) is 9.82. The third kappa shape index (κ3) is 4.04. The van der Waals surface area contributed by atoms with Crippen LogP contribution in [0.1, 0.15) is 39.5 Å². The maximum Gasteiger partial charge on any atom is 0.125 e. The Morgan fingerprint density at radius 2 is 2.33 bits per heavy atom. The van der Waals surface area contributed by atoms with Crippen molar-refractivity contribution in [1.29, 1.82) is 0 Å². The summed E-state index contributed by atoms with van der Waals surface area (Å²) in [6.45, 7) is 5.64. The maximum absolute atomic E-state index is 9.47. The number of amidine groups is 1. The van der Waals surface area contributed by atoms with Crippen LogP contribution in [-0.2, 0) is 0 Å². The molecule has 1 heterocycles. The Morgan fingerprint density at radius 3 is 3.00 bits per heavy atom. The number of aliphatic hydroxyl groups is 1. The average molecular weight is 210 g/mol. The van der Waals surface area contributed by atoms with Gasteiger partial charge in [0.25, 0.3) is 0 Å². The fraction of sp³-hybridized carbons (Fsp3) is 0.750. The molecule has 3 nitrogen and oxygen atoms in total. The predicted octanol–water partition coefficient (Wildman–Crippen LogP) is 2.18. The minimum atomic E-state index is -0.424. The van der Waals surface area contributed by atoms with Crippen LogP contribution < -0.4 is 0 Å². The van der Waals surface area contributed by atoms with Crippen molar-refractivity contribution >= 4 is 5.84 Å². The number of aliphatic hydroxyl groups excluding tert-OH is 1. The molecule has 1 aliphatic rings. The summed E-state index contributed by atoms with van der Waals surface area (Å²) in [7, 11) is 0. The molecule has 0 spiro atoms. The molecule has 0 fully saturated rings. The molecule has 0 saturated carbocycles. The quantitative estimate of drug-likeness (QED) is 0.682. The van der Waals surface area contributed by atoms with E-state index in [1.54, 1.807) is 6.92 Å². The van der Waals surface area contributed by atoms with Gasteiger partial charge in [0.1, 0.15) is 12.1 Å². The van der Waals surface area contributed by atoms with Gasteiger partial charge in [-0.3, -0.25) is 4.99 Å². The Morgan fingerprint density at radius 1 is 1.53 bits per heavy atom. The minimum Gasteiger partial charge on any atom is -0.374 e. The molecule has 1 N–H and O–H groups in total. The SMILES string of the molecule is CCCCC/C=C/C1=NCCN1C(C)O. The molecular formula is C12H22N2O. The van der Waals surface area contributed by atoms with Crippen molar-refractivity contribution in [3.63, 3.8) is 0 Å². The van der Waals surface area contributed by atoms with Crippen molar-refractivity contribution in [1.82, 2.24) is 4.90 Å². The van der Waals surface area contributed by atoms with E-state index in [4.69, 9.17) is 0 Å². The number of hydrogen-bond donors (Lipinski definition) is 1. The van der Waals surface area contributed by atoms with Crippen LogP contribution in [0.3, 0.4) is 0 Å². The van der Waals surface area contributed by atoms with Crippen molar-refractivity contribution in [3.8, 4) is 0 Å². The van der Waals surface area contributed by atoms with Crippen molar-refractivity contribution < 1.29 is 5.11 Å². The lowest BCUT2D eigenvalue weighted by molar-refractivity contribution is 0.0788. The first-order valence-electron chi connectivity index (χ1n) is 5.91. The third-order valence-electron chi connectivity index (χ3n) is 2.60. The molecule has 0 amide bonds. The Balaban J connectivity index is 2.30. The van der Waals surface area contributed by atoms with Gasteiger partial charge in [-0.25, -0.2) is 0 Å². The van der Waals surface area contributed by atoms with Crippen LogP contribution in [0.5, 0.6) is 0 Å². The number of unbranched alkanes of at least 4 members (excludes halogenated alkanes) is 3. The predicted molar refractivity (Wildman–Crippen MR) is 64.0 cm³/mol. The van der Waals surface area contributed by atoms with E-state index in [2.05, 4.69) is 18.0 Å². The van der Waals surface area contributed by atoms with E-state index in [-0.39, 0.29) is 0 Å². The van der Waals surface area contributed by atoms with E-state index in [0.717, 1.165) is 25.3 Å². The summed E-state index contributed by atoms with van der Waals surface area (Å²) in [5, 5.41) is 9.47. The lowest BCUT2D eigenvalue weighted by Gasteiger charge is -2.21. The molecule has 1 aliphatic heterocycles. The second kappa shape index (κ2) is 6.62. The second-order valence-corrected chi connectivity index (χ2v) is 3.96. The van der Waals surface area contributed by atoms with E-state index < -0.39 is 6.23 Å². The van der Waals surface area contributed by atoms with Crippen LogP contribution in [-0.4, -0.2) is 35.2 Å². The van der Waals surface area contributed by atoms with Crippen LogP contribution >= 0.6 is 0 Å². The van der Waals surface area contributed by atoms with Crippen molar-refractivity contribution in [2.24, 2.45) is 4.99 Å². The zero-order chi connectivity index (χ0) is 11.1. The Hall–Kier alpha value is -0.830. The molecule has 3 heteroatoms. The topological polar surface area (TPSA) is 35.8 Å². The lowest BCUT2D eigenvalue weighted by Crippen LogP contribution is -2.34. The number of rotatable bonds is 6. The summed E-state index contributed by atoms with van der Waals surface area (Å²) in [6, 6.07) is 0. The minimum absolute atomic E-state index is 0.424. The molecule has 1 rings (SSSR count). The van der Waals surface area contributed by atoms with Gasteiger partial charge in [-0.05, 0) is 25.8 Å². The highest BCUT2D eigenvalue weighted by atomic mass is 16.3. The van der Waals surface area contributed by atoms with Gasteiger partial charge >= 0.3 is 0 Å². The summed E-state index contributed by atoms with van der Waals surface area (Å²) in [4.78, 5) is 6.28. The normalized spacial score (nSPS) is 18.6. The highest BCUT2D eigenvalue weighted by Gasteiger charge is 2.17. The number of allylic oxidation sites excluding steroid dienone is 1. The molecule has 15 heavy (non-hydrogen) atoms. The lowest BCUT2D eigenvalue weighted by atomic mass is 10.2. The first-order valence-corrected chi connectivity index (χ1v) is 5.91. The van der Waals surface area contributed by atoms with Crippen LogP contribution in [0, 0.1) is 0 Å². The van der Waals surface area contributed by atoms with Gasteiger partial charge in [0.05, 0.1) is 6.54 Å². The van der Waals surface area contributed by atoms with E-state index in [1.165, 1.54) is 19.3 Å². The molecule has 0 aromatic heterocycles. The summed E-state index contributed by atoms with van der Waals surface area (Å²) >= 11 is 0. The molecule has 1 unspecified atom stereocenters. The van der Waals surface area contributed by atoms with Crippen LogP contribution in [0.2, 0.25) is 0 Å². The number of nitrogens with zero attached hydrogens (tertiary/aromatic N) is 2. The van der Waals surface area contributed by atoms with Crippen molar-refractivity contribution in [2.75, 3.05) is 13.1 Å². The van der Waals surface area contributed by atoms with Crippen molar-refractivity contribution in [3.05, 3.63) is 12.2 Å². The van der Waals surface area contributed by atoms with Crippen LogP contribution in [0.4, 0.5) is 0 Å². The smallest absolute Gasteiger partial charge is 0.125 e. The largest absolute Gasteiger partial charge is 0.374 e. The summed E-state index contributed by atoms with van der Waals surface area (Å²) in [6.07, 6.45) is 8.68. The standard InChI is InChI=1S/C12H22N2O/c1-3-4-5-6-7-8-12-13-9-10-14(12)11(2)15/h7-8,11,15H,3-6,9-10H2,1-2H3/b8-7+. The monoisotopic (exact) mass is 210 g/mol. The first-order chi connectivity index (χ1) is 7.25. The van der Waals surface area contributed by atoms with Gasteiger partial charge in [0, 0.05) is 6.54 Å². The van der Waals surface area contributed by atoms with E-state index in [1.807, 2.05) is 11.0 Å². The molecule has 0 aliphatic carbocycles. The molecule has 86 valence electrons. The number of hydrogen-bond acceptors (Lipinski definition) is 3. The Bertz CT molecular complexity index is 234. The van der Waals surface area contributed by atoms with Gasteiger partial charge < -0.3 is 10.0 Å². The molecular weight excluding hydrogens is 188 g/mol. The molecule has 0 aromatic rings. The van der Waals surface area contributed by atoms with E-state index >= 15 is 0 Å². The fourth-order valence-corrected chi connectivity index (χ4v) is 1.71. The highest BCUT2D eigenvalue weighted by Crippen LogP contribution is 2.07. The highest BCUT2D eigenvalue weighted by molar-refractivity contribution is 5.94. The van der Waals surface area contributed by atoms with Crippen molar-refractivity contribution in [2.45, 2.75) is 45.8 Å².